The summed E-state index contributed by atoms with van der Waals surface area (Å²) in [5, 5.41) is 9.19. The topological polar surface area (TPSA) is 106 Å². The number of amides is 1. The second kappa shape index (κ2) is 5.40. The predicted molar refractivity (Wildman–Crippen MR) is 66.2 cm³/mol. The van der Waals surface area contributed by atoms with Gasteiger partial charge < -0.3 is 9.84 Å². The van der Waals surface area contributed by atoms with Gasteiger partial charge in [0.05, 0.1) is 11.3 Å². The molecule has 0 unspecified atom stereocenters. The summed E-state index contributed by atoms with van der Waals surface area (Å²) < 4.78 is 43.4. The van der Waals surface area contributed by atoms with Gasteiger partial charge in [-0.05, 0) is 18.2 Å². The van der Waals surface area contributed by atoms with Crippen LogP contribution in [0.1, 0.15) is 21.8 Å². The number of nitrogens with zero attached hydrogens (tertiary/aromatic N) is 2. The highest BCUT2D eigenvalue weighted by atomic mass is 19.4. The van der Waals surface area contributed by atoms with E-state index in [1.807, 2.05) is 5.43 Å². The number of rotatable bonds is 3. The molecule has 0 saturated carbocycles. The second-order valence-corrected chi connectivity index (χ2v) is 3.98. The summed E-state index contributed by atoms with van der Waals surface area (Å²) in [4.78, 5) is 11.8. The zero-order valence-electron chi connectivity index (χ0n) is 10.7. The highest BCUT2D eigenvalue weighted by Crippen LogP contribution is 2.35. The molecule has 10 heteroatoms. The van der Waals surface area contributed by atoms with Crippen molar-refractivity contribution in [3.8, 4) is 0 Å². The number of halogens is 3. The molecule has 2 aromatic rings. The van der Waals surface area contributed by atoms with Crippen LogP contribution >= 0.6 is 0 Å². The van der Waals surface area contributed by atoms with Crippen molar-refractivity contribution >= 4 is 17.6 Å². The third kappa shape index (κ3) is 3.28. The smallest absolute Gasteiger partial charge is 0.408 e. The molecule has 0 bridgehead atoms. The monoisotopic (exact) mass is 301 g/mol. The van der Waals surface area contributed by atoms with Crippen LogP contribution in [-0.2, 0) is 6.18 Å². The van der Waals surface area contributed by atoms with Crippen molar-refractivity contribution in [3.05, 3.63) is 35.2 Å². The minimum Gasteiger partial charge on any atom is -0.408 e. The Kier molecular flexibility index (Phi) is 3.80. The lowest BCUT2D eigenvalue weighted by Crippen LogP contribution is -2.18. The van der Waals surface area contributed by atoms with Gasteiger partial charge in [-0.3, -0.25) is 16.0 Å². The molecule has 112 valence electrons. The van der Waals surface area contributed by atoms with Gasteiger partial charge in [-0.1, -0.05) is 5.10 Å². The average molecular weight is 301 g/mol. The molecule has 1 amide bonds. The molecule has 2 rings (SSSR count). The number of nitrogens with one attached hydrogen (secondary N) is 2. The maximum absolute atomic E-state index is 12.8. The number of alkyl halides is 3. The minimum atomic E-state index is -4.65. The quantitative estimate of drug-likeness (QED) is 0.591. The number of carbonyl (C=O) groups is 1. The maximum Gasteiger partial charge on any atom is 0.418 e. The maximum atomic E-state index is 12.8. The third-order valence-electron chi connectivity index (χ3n) is 2.49. The largest absolute Gasteiger partial charge is 0.418 e. The Labute approximate surface area is 116 Å². The molecule has 0 saturated heterocycles. The highest BCUT2D eigenvalue weighted by Gasteiger charge is 2.34. The van der Waals surface area contributed by atoms with E-state index in [0.717, 1.165) is 6.07 Å². The molecule has 0 aliphatic heterocycles. The van der Waals surface area contributed by atoms with Crippen molar-refractivity contribution in [2.75, 3.05) is 10.7 Å². The molecule has 0 aliphatic carbocycles. The van der Waals surface area contributed by atoms with Crippen molar-refractivity contribution in [2.24, 2.45) is 5.84 Å². The van der Waals surface area contributed by atoms with E-state index >= 15 is 0 Å². The summed E-state index contributed by atoms with van der Waals surface area (Å²) >= 11 is 0. The first-order valence-electron chi connectivity index (χ1n) is 5.60. The lowest BCUT2D eigenvalue weighted by Gasteiger charge is -2.13. The Bertz CT molecular complexity index is 668. The van der Waals surface area contributed by atoms with Gasteiger partial charge in [0, 0.05) is 12.5 Å². The number of benzene rings is 1. The Morgan fingerprint density at radius 3 is 2.57 bits per heavy atom. The normalized spacial score (nSPS) is 11.3. The molecule has 21 heavy (non-hydrogen) atoms. The number of anilines is 2. The molecule has 0 aliphatic rings. The van der Waals surface area contributed by atoms with Crippen LogP contribution in [0.3, 0.4) is 0 Å². The van der Waals surface area contributed by atoms with Crippen LogP contribution < -0.4 is 16.6 Å². The summed E-state index contributed by atoms with van der Waals surface area (Å²) in [6.07, 6.45) is -4.65. The third-order valence-corrected chi connectivity index (χ3v) is 2.49. The van der Waals surface area contributed by atoms with Crippen LogP contribution in [0.5, 0.6) is 0 Å². The van der Waals surface area contributed by atoms with Crippen LogP contribution in [0.15, 0.2) is 22.6 Å². The minimum absolute atomic E-state index is 0.202. The number of nitrogen functional groups attached to an aromatic ring is 1. The van der Waals surface area contributed by atoms with E-state index in [4.69, 9.17) is 10.3 Å². The standard InChI is InChI=1S/C11H10F3N5O2/c1-5-18-19-10(21-5)16-9(20)6-2-3-8(17-15)7(4-6)11(12,13)14/h2-4,17H,15H2,1H3,(H,16,19,20). The van der Waals surface area contributed by atoms with E-state index in [0.29, 0.717) is 6.07 Å². The van der Waals surface area contributed by atoms with Crippen LogP contribution in [0.25, 0.3) is 0 Å². The van der Waals surface area contributed by atoms with E-state index in [1.165, 1.54) is 13.0 Å². The number of nitrogens with two attached hydrogens (primary N) is 1. The summed E-state index contributed by atoms with van der Waals surface area (Å²) in [5.74, 6) is 4.42. The van der Waals surface area contributed by atoms with Gasteiger partial charge in [0.2, 0.25) is 5.89 Å². The first-order valence-corrected chi connectivity index (χ1v) is 5.60. The summed E-state index contributed by atoms with van der Waals surface area (Å²) in [6.45, 7) is 1.51. The fourth-order valence-corrected chi connectivity index (χ4v) is 1.56. The van der Waals surface area contributed by atoms with Crippen LogP contribution in [0.4, 0.5) is 24.9 Å². The van der Waals surface area contributed by atoms with E-state index in [2.05, 4.69) is 15.5 Å². The lowest BCUT2D eigenvalue weighted by molar-refractivity contribution is -0.137. The summed E-state index contributed by atoms with van der Waals surface area (Å²) in [7, 11) is 0. The fourth-order valence-electron chi connectivity index (χ4n) is 1.56. The number of hydrogen-bond acceptors (Lipinski definition) is 6. The van der Waals surface area contributed by atoms with Crippen molar-refractivity contribution in [3.63, 3.8) is 0 Å². The second-order valence-electron chi connectivity index (χ2n) is 3.98. The van der Waals surface area contributed by atoms with Gasteiger partial charge in [0.15, 0.2) is 0 Å². The van der Waals surface area contributed by atoms with Crippen LogP contribution in [-0.4, -0.2) is 16.1 Å². The fraction of sp³-hybridized carbons (Fsp3) is 0.182. The number of hydrogen-bond donors (Lipinski definition) is 3. The van der Waals surface area contributed by atoms with Gasteiger partial charge in [-0.15, -0.1) is 5.10 Å². The van der Waals surface area contributed by atoms with Crippen LogP contribution in [0.2, 0.25) is 0 Å². The zero-order valence-corrected chi connectivity index (χ0v) is 10.7. The van der Waals surface area contributed by atoms with Crippen molar-refractivity contribution < 1.29 is 22.4 Å². The first kappa shape index (κ1) is 14.8. The van der Waals surface area contributed by atoms with E-state index < -0.39 is 17.6 Å². The molecule has 1 aromatic carbocycles. The molecule has 7 nitrogen and oxygen atoms in total. The van der Waals surface area contributed by atoms with Crippen molar-refractivity contribution in [1.82, 2.24) is 10.2 Å². The molecular weight excluding hydrogens is 291 g/mol. The van der Waals surface area contributed by atoms with E-state index in [-0.39, 0.29) is 23.2 Å². The Morgan fingerprint density at radius 1 is 1.33 bits per heavy atom. The van der Waals surface area contributed by atoms with Gasteiger partial charge in [0.25, 0.3) is 5.91 Å². The van der Waals surface area contributed by atoms with E-state index in [1.54, 1.807) is 0 Å². The highest BCUT2D eigenvalue weighted by molar-refractivity contribution is 6.03. The summed E-state index contributed by atoms with van der Waals surface area (Å²) in [5.41, 5.74) is 0.308. The average Bonchev–Trinajstić information content (AvgIpc) is 2.82. The van der Waals surface area contributed by atoms with E-state index in [9.17, 15) is 18.0 Å². The van der Waals surface area contributed by atoms with Crippen molar-refractivity contribution in [1.29, 1.82) is 0 Å². The molecule has 1 aromatic heterocycles. The Morgan fingerprint density at radius 2 is 2.05 bits per heavy atom. The number of aromatic nitrogens is 2. The number of aryl methyl sites for hydroxylation is 1. The molecular formula is C11H10F3N5O2. The molecule has 0 spiro atoms. The Hall–Kier alpha value is -2.62. The summed E-state index contributed by atoms with van der Waals surface area (Å²) in [6, 6.07) is 2.71. The van der Waals surface area contributed by atoms with Gasteiger partial charge in [-0.25, -0.2) is 0 Å². The molecule has 0 radical (unpaired) electrons. The lowest BCUT2D eigenvalue weighted by atomic mass is 10.1. The van der Waals surface area contributed by atoms with Gasteiger partial charge in [0.1, 0.15) is 0 Å². The number of carbonyl (C=O) groups excluding carboxylic acids is 1. The first-order chi connectivity index (χ1) is 9.81. The van der Waals surface area contributed by atoms with Crippen LogP contribution in [0, 0.1) is 6.92 Å². The molecule has 0 atom stereocenters. The molecule has 4 N–H and O–H groups in total. The SMILES string of the molecule is Cc1nnc(NC(=O)c2ccc(NN)c(C(F)(F)F)c2)o1. The molecule has 0 fully saturated rings. The zero-order chi connectivity index (χ0) is 15.6. The molecule has 1 heterocycles. The predicted octanol–water partition coefficient (Wildman–Crippen LogP) is 1.93. The number of hydrazine groups is 1. The van der Waals surface area contributed by atoms with Gasteiger partial charge in [-0.2, -0.15) is 13.2 Å². The van der Waals surface area contributed by atoms with Gasteiger partial charge >= 0.3 is 12.2 Å². The Balaban J connectivity index is 2.29. The van der Waals surface area contributed by atoms with Crippen molar-refractivity contribution in [2.45, 2.75) is 13.1 Å².